The van der Waals surface area contributed by atoms with Crippen LogP contribution in [0.2, 0.25) is 0 Å². The van der Waals surface area contributed by atoms with Gasteiger partial charge < -0.3 is 4.74 Å². The third-order valence-corrected chi connectivity index (χ3v) is 3.09. The molecule has 0 saturated heterocycles. The topological polar surface area (TPSA) is 43.8 Å². The number of aryl methyl sites for hydroxylation is 1. The minimum atomic E-state index is 0.829. The molecular weight excluding hydrogens is 252 g/mol. The number of benzene rings is 1. The van der Waals surface area contributed by atoms with Crippen LogP contribution >= 0.6 is 0 Å². The van der Waals surface area contributed by atoms with E-state index in [-0.39, 0.29) is 0 Å². The van der Waals surface area contributed by atoms with Crippen molar-refractivity contribution in [3.8, 4) is 22.8 Å². The van der Waals surface area contributed by atoms with Crippen molar-refractivity contribution in [2.24, 2.45) is 7.05 Å². The van der Waals surface area contributed by atoms with Crippen molar-refractivity contribution in [2.75, 3.05) is 7.11 Å². The van der Waals surface area contributed by atoms with E-state index in [4.69, 9.17) is 4.74 Å². The van der Waals surface area contributed by atoms with Crippen molar-refractivity contribution in [1.82, 2.24) is 14.9 Å². The maximum absolute atomic E-state index is 5.16. The second-order valence-corrected chi connectivity index (χ2v) is 4.38. The van der Waals surface area contributed by atoms with Crippen LogP contribution in [0.25, 0.3) is 17.1 Å². The van der Waals surface area contributed by atoms with Crippen molar-refractivity contribution >= 4 is 0 Å². The Bertz CT molecular complexity index is 704. The third-order valence-electron chi connectivity index (χ3n) is 3.09. The highest BCUT2D eigenvalue weighted by molar-refractivity contribution is 5.49. The molecule has 0 radical (unpaired) electrons. The summed E-state index contributed by atoms with van der Waals surface area (Å²) in [6.45, 7) is 0. The molecule has 0 aliphatic heterocycles. The van der Waals surface area contributed by atoms with Crippen LogP contribution < -0.4 is 9.42 Å². The van der Waals surface area contributed by atoms with E-state index in [0.29, 0.717) is 0 Å². The van der Waals surface area contributed by atoms with Gasteiger partial charge in [0.1, 0.15) is 18.5 Å². The van der Waals surface area contributed by atoms with E-state index in [9.17, 15) is 0 Å². The van der Waals surface area contributed by atoms with Gasteiger partial charge in [-0.2, -0.15) is 0 Å². The predicted octanol–water partition coefficient (Wildman–Crippen LogP) is 1.77. The Hall–Kier alpha value is -2.69. The number of aromatic nitrogens is 4. The van der Waals surface area contributed by atoms with Gasteiger partial charge in [0.15, 0.2) is 11.9 Å². The lowest BCUT2D eigenvalue weighted by atomic mass is 10.3. The molecule has 0 N–H and O–H groups in total. The maximum atomic E-state index is 5.16. The van der Waals surface area contributed by atoms with Crippen LogP contribution in [-0.2, 0) is 7.05 Å². The van der Waals surface area contributed by atoms with Gasteiger partial charge in [-0.05, 0) is 36.4 Å². The van der Waals surface area contributed by atoms with Crippen LogP contribution in [0.4, 0.5) is 0 Å². The van der Waals surface area contributed by atoms with Crippen molar-refractivity contribution < 1.29 is 9.42 Å². The Balaban J connectivity index is 2.00. The van der Waals surface area contributed by atoms with Gasteiger partial charge in [-0.15, -0.1) is 9.36 Å². The molecule has 2 heterocycles. The summed E-state index contributed by atoms with van der Waals surface area (Å²) in [6.07, 6.45) is 3.74. The number of pyridine rings is 1. The third kappa shape index (κ3) is 2.25. The molecule has 0 unspecified atom stereocenters. The lowest BCUT2D eigenvalue weighted by Crippen LogP contribution is -2.33. The summed E-state index contributed by atoms with van der Waals surface area (Å²) < 4.78 is 8.79. The smallest absolute Gasteiger partial charge is 0.216 e. The fourth-order valence-electron chi connectivity index (χ4n) is 2.03. The fourth-order valence-corrected chi connectivity index (χ4v) is 2.03. The first-order valence-corrected chi connectivity index (χ1v) is 6.30. The highest BCUT2D eigenvalue weighted by Crippen LogP contribution is 2.16. The molecule has 0 amide bonds. The summed E-state index contributed by atoms with van der Waals surface area (Å²) in [7, 11) is 3.56. The van der Waals surface area contributed by atoms with E-state index < -0.39 is 0 Å². The van der Waals surface area contributed by atoms with E-state index in [2.05, 4.69) is 10.2 Å². The summed E-state index contributed by atoms with van der Waals surface area (Å²) in [5.74, 6) is 0.829. The molecule has 0 spiro atoms. The lowest BCUT2D eigenvalue weighted by Gasteiger charge is -1.98. The van der Waals surface area contributed by atoms with E-state index in [0.717, 1.165) is 22.8 Å². The maximum Gasteiger partial charge on any atom is 0.216 e. The summed E-state index contributed by atoms with van der Waals surface area (Å²) in [5, 5.41) is 4.47. The first kappa shape index (κ1) is 12.3. The molecule has 5 nitrogen and oxygen atoms in total. The van der Waals surface area contributed by atoms with Crippen molar-refractivity contribution in [3.05, 3.63) is 54.9 Å². The second-order valence-electron chi connectivity index (χ2n) is 4.38. The molecule has 0 atom stereocenters. The molecule has 0 fully saturated rings. The Kier molecular flexibility index (Phi) is 3.16. The van der Waals surface area contributed by atoms with Crippen molar-refractivity contribution in [2.45, 2.75) is 0 Å². The zero-order valence-corrected chi connectivity index (χ0v) is 11.4. The van der Waals surface area contributed by atoms with Gasteiger partial charge in [0, 0.05) is 6.20 Å². The van der Waals surface area contributed by atoms with Crippen molar-refractivity contribution in [3.63, 3.8) is 0 Å². The van der Waals surface area contributed by atoms with Crippen LogP contribution in [0.5, 0.6) is 5.75 Å². The summed E-state index contributed by atoms with van der Waals surface area (Å²) in [6, 6.07) is 13.6. The van der Waals surface area contributed by atoms with Crippen LogP contribution in [0.15, 0.2) is 54.9 Å². The van der Waals surface area contributed by atoms with E-state index in [1.165, 1.54) is 0 Å². The Morgan fingerprint density at radius 1 is 1.10 bits per heavy atom. The molecule has 0 bridgehead atoms. The summed E-state index contributed by atoms with van der Waals surface area (Å²) in [4.78, 5) is 4.35. The van der Waals surface area contributed by atoms with Crippen LogP contribution in [0, 0.1) is 0 Å². The quantitative estimate of drug-likeness (QED) is 0.679. The molecule has 1 aromatic carbocycles. The number of ether oxygens (including phenoxy) is 1. The summed E-state index contributed by atoms with van der Waals surface area (Å²) >= 11 is 0. The normalized spacial score (nSPS) is 10.5. The SMILES string of the molecule is COc1ccc(-n2cc(-c3ccccn3)[n+](C)n2)cc1. The predicted molar refractivity (Wildman–Crippen MR) is 74.5 cm³/mol. The molecule has 100 valence electrons. The molecule has 5 heteroatoms. The van der Waals surface area contributed by atoms with Gasteiger partial charge in [-0.3, -0.25) is 4.98 Å². The molecule has 3 rings (SSSR count). The Morgan fingerprint density at radius 2 is 1.90 bits per heavy atom. The highest BCUT2D eigenvalue weighted by atomic mass is 16.5. The van der Waals surface area contributed by atoms with Gasteiger partial charge in [0.05, 0.1) is 12.3 Å². The highest BCUT2D eigenvalue weighted by Gasteiger charge is 2.16. The van der Waals surface area contributed by atoms with Gasteiger partial charge >= 0.3 is 0 Å². The lowest BCUT2D eigenvalue weighted by molar-refractivity contribution is -0.721. The number of nitrogens with zero attached hydrogens (tertiary/aromatic N) is 4. The first-order valence-electron chi connectivity index (χ1n) is 6.30. The zero-order chi connectivity index (χ0) is 13.9. The van der Waals surface area contributed by atoms with Gasteiger partial charge in [0.25, 0.3) is 0 Å². The van der Waals surface area contributed by atoms with E-state index >= 15 is 0 Å². The molecule has 0 saturated carbocycles. The van der Waals surface area contributed by atoms with Crippen LogP contribution in [0.1, 0.15) is 0 Å². The standard InChI is InChI=1S/C15H15N4O/c1-18-15(14-5-3-4-10-16-14)11-19(17-18)12-6-8-13(20-2)9-7-12/h3-11H,1-2H3/q+1. The van der Waals surface area contributed by atoms with Crippen molar-refractivity contribution in [1.29, 1.82) is 0 Å². The second kappa shape index (κ2) is 5.13. The van der Waals surface area contributed by atoms with E-state index in [1.54, 1.807) is 13.3 Å². The average Bonchev–Trinajstić information content (AvgIpc) is 2.90. The van der Waals surface area contributed by atoms with Crippen LogP contribution in [0.3, 0.4) is 0 Å². The molecule has 20 heavy (non-hydrogen) atoms. The number of methoxy groups -OCH3 is 1. The van der Waals surface area contributed by atoms with E-state index in [1.807, 2.05) is 65.1 Å². The largest absolute Gasteiger partial charge is 0.497 e. The van der Waals surface area contributed by atoms with Gasteiger partial charge in [-0.25, -0.2) is 0 Å². The minimum absolute atomic E-state index is 0.829. The molecule has 0 aliphatic rings. The molecule has 3 aromatic rings. The number of hydrogen-bond donors (Lipinski definition) is 0. The number of hydrogen-bond acceptors (Lipinski definition) is 3. The fraction of sp³-hybridized carbons (Fsp3) is 0.133. The molecular formula is C15H15N4O+. The minimum Gasteiger partial charge on any atom is -0.497 e. The first-order chi connectivity index (χ1) is 9.78. The monoisotopic (exact) mass is 267 g/mol. The van der Waals surface area contributed by atoms with Crippen LogP contribution in [-0.4, -0.2) is 22.0 Å². The van der Waals surface area contributed by atoms with Gasteiger partial charge in [-0.1, -0.05) is 6.07 Å². The van der Waals surface area contributed by atoms with Gasteiger partial charge in [0.2, 0.25) is 5.69 Å². The molecule has 2 aromatic heterocycles. The molecule has 0 aliphatic carbocycles. The number of rotatable bonds is 3. The average molecular weight is 267 g/mol. The Morgan fingerprint density at radius 3 is 2.55 bits per heavy atom. The summed E-state index contributed by atoms with van der Waals surface area (Å²) in [5.41, 5.74) is 2.83. The Labute approximate surface area is 117 Å². The zero-order valence-electron chi connectivity index (χ0n) is 11.4.